The van der Waals surface area contributed by atoms with Crippen molar-refractivity contribution in [1.29, 1.82) is 0 Å². The minimum atomic E-state index is -5.13. The molecule has 1 aromatic heterocycles. The zero-order valence-electron chi connectivity index (χ0n) is 13.9. The molecule has 1 aliphatic carbocycles. The van der Waals surface area contributed by atoms with Gasteiger partial charge >= 0.3 is 12.1 Å². The molecule has 0 saturated heterocycles. The van der Waals surface area contributed by atoms with E-state index in [0.29, 0.717) is 0 Å². The Morgan fingerprint density at radius 1 is 1.11 bits per heavy atom. The van der Waals surface area contributed by atoms with Gasteiger partial charge < -0.3 is 5.32 Å². The molecule has 28 heavy (non-hydrogen) atoms. The van der Waals surface area contributed by atoms with Gasteiger partial charge in [0.15, 0.2) is 0 Å². The monoisotopic (exact) mass is 417 g/mol. The summed E-state index contributed by atoms with van der Waals surface area (Å²) in [6, 6.07) is 4.34. The number of carbonyl (C=O) groups is 2. The highest BCUT2D eigenvalue weighted by atomic mass is 35.5. The molecule has 0 unspecified atom stereocenters. The van der Waals surface area contributed by atoms with Gasteiger partial charge in [-0.15, -0.1) is 0 Å². The number of halogens is 5. The Morgan fingerprint density at radius 3 is 2.29 bits per heavy atom. The van der Waals surface area contributed by atoms with Crippen molar-refractivity contribution < 1.29 is 27.2 Å². The largest absolute Gasteiger partial charge is 0.472 e. The highest BCUT2D eigenvalue weighted by molar-refractivity contribution is 6.30. The van der Waals surface area contributed by atoms with E-state index >= 15 is 0 Å². The number of amides is 2. The molecule has 1 heterocycles. The number of hydrogen-bond donors (Lipinski definition) is 3. The number of hydrogen-bond acceptors (Lipinski definition) is 5. The van der Waals surface area contributed by atoms with E-state index in [-0.39, 0.29) is 16.5 Å². The molecule has 1 aromatic carbocycles. The van der Waals surface area contributed by atoms with Gasteiger partial charge in [-0.05, 0) is 30.5 Å². The predicted molar refractivity (Wildman–Crippen MR) is 89.6 cm³/mol. The fourth-order valence-corrected chi connectivity index (χ4v) is 2.57. The van der Waals surface area contributed by atoms with Gasteiger partial charge in [0.05, 0.1) is 16.1 Å². The van der Waals surface area contributed by atoms with Crippen LogP contribution in [0.3, 0.4) is 0 Å². The number of carbonyl (C=O) groups excluding carboxylic acids is 2. The first-order chi connectivity index (χ1) is 13.1. The first-order valence-corrected chi connectivity index (χ1v) is 8.22. The van der Waals surface area contributed by atoms with E-state index in [4.69, 9.17) is 11.6 Å². The molecular weight excluding hydrogens is 406 g/mol. The Kier molecular flexibility index (Phi) is 5.11. The molecule has 2 aromatic rings. The van der Waals surface area contributed by atoms with Crippen molar-refractivity contribution in [1.82, 2.24) is 20.8 Å². The Bertz CT molecular complexity index is 916. The van der Waals surface area contributed by atoms with Crippen LogP contribution in [0.2, 0.25) is 5.02 Å². The third-order valence-corrected chi connectivity index (χ3v) is 4.32. The number of anilines is 1. The smallest absolute Gasteiger partial charge is 0.345 e. The Labute approximate surface area is 160 Å². The second-order valence-corrected chi connectivity index (χ2v) is 6.44. The third kappa shape index (κ3) is 4.30. The van der Waals surface area contributed by atoms with E-state index in [2.05, 4.69) is 15.3 Å². The predicted octanol–water partition coefficient (Wildman–Crippen LogP) is 2.69. The Balaban J connectivity index is 1.64. The maximum atomic E-state index is 13.3. The van der Waals surface area contributed by atoms with Crippen LogP contribution < -0.4 is 16.2 Å². The molecule has 1 fully saturated rings. The van der Waals surface area contributed by atoms with Gasteiger partial charge in [0.2, 0.25) is 5.95 Å². The molecule has 7 nitrogen and oxygen atoms in total. The summed E-state index contributed by atoms with van der Waals surface area (Å²) >= 11 is 5.81. The summed E-state index contributed by atoms with van der Waals surface area (Å²) in [5.74, 6) is -3.71. The molecule has 12 heteroatoms. The van der Waals surface area contributed by atoms with Crippen LogP contribution in [0.15, 0.2) is 30.6 Å². The average molecular weight is 418 g/mol. The molecule has 2 amide bonds. The summed E-state index contributed by atoms with van der Waals surface area (Å²) in [6.07, 6.45) is -1.51. The molecule has 3 N–H and O–H groups in total. The Hall–Kier alpha value is -2.95. The van der Waals surface area contributed by atoms with Crippen LogP contribution in [-0.4, -0.2) is 28.0 Å². The summed E-state index contributed by atoms with van der Waals surface area (Å²) in [5, 5.41) is 3.06. The third-order valence-electron chi connectivity index (χ3n) is 4.03. The van der Waals surface area contributed by atoms with Crippen molar-refractivity contribution >= 4 is 29.4 Å². The van der Waals surface area contributed by atoms with Crippen molar-refractivity contribution in [3.05, 3.63) is 52.6 Å². The molecule has 1 aliphatic rings. The van der Waals surface area contributed by atoms with E-state index < -0.39 is 29.3 Å². The lowest BCUT2D eigenvalue weighted by Gasteiger charge is -2.18. The van der Waals surface area contributed by atoms with Crippen molar-refractivity contribution in [2.75, 3.05) is 5.32 Å². The standard InChI is InChI=1S/C16H12ClF4N5O2/c17-10-5-9(1-2-11(10)18)15(3-4-15)24-14-22-6-8(7-23-14)12(27)25-26-13(28)16(19,20)21/h1-2,5-7H,3-4H2,(H,25,27)(H,26,28)(H,22,23,24). The van der Waals surface area contributed by atoms with Gasteiger partial charge in [-0.3, -0.25) is 20.4 Å². The van der Waals surface area contributed by atoms with Crippen LogP contribution >= 0.6 is 11.6 Å². The van der Waals surface area contributed by atoms with Crippen LogP contribution in [0.25, 0.3) is 0 Å². The molecule has 3 rings (SSSR count). The molecule has 0 atom stereocenters. The van der Waals surface area contributed by atoms with Crippen LogP contribution in [0.4, 0.5) is 23.5 Å². The van der Waals surface area contributed by atoms with E-state index in [1.54, 1.807) is 11.5 Å². The van der Waals surface area contributed by atoms with Crippen LogP contribution in [0.1, 0.15) is 28.8 Å². The van der Waals surface area contributed by atoms with E-state index in [0.717, 1.165) is 30.8 Å². The first-order valence-electron chi connectivity index (χ1n) is 7.84. The fraction of sp³-hybridized carbons (Fsp3) is 0.250. The maximum Gasteiger partial charge on any atom is 0.472 e. The Morgan fingerprint density at radius 2 is 1.75 bits per heavy atom. The molecule has 148 valence electrons. The quantitative estimate of drug-likeness (QED) is 0.525. The molecule has 0 spiro atoms. The van der Waals surface area contributed by atoms with Gasteiger partial charge in [0, 0.05) is 12.4 Å². The SMILES string of the molecule is O=C(NNC(=O)C(F)(F)F)c1cnc(NC2(c3ccc(F)c(Cl)c3)CC2)nc1. The lowest BCUT2D eigenvalue weighted by molar-refractivity contribution is -0.174. The summed E-state index contributed by atoms with van der Waals surface area (Å²) in [5.41, 5.74) is 2.92. The van der Waals surface area contributed by atoms with Crippen LogP contribution in [0.5, 0.6) is 0 Å². The van der Waals surface area contributed by atoms with Gasteiger partial charge in [-0.2, -0.15) is 13.2 Å². The maximum absolute atomic E-state index is 13.3. The summed E-state index contributed by atoms with van der Waals surface area (Å²) < 4.78 is 49.6. The second kappa shape index (κ2) is 7.23. The van der Waals surface area contributed by atoms with Gasteiger partial charge in [0.25, 0.3) is 5.91 Å². The minimum absolute atomic E-state index is 0.0144. The minimum Gasteiger partial charge on any atom is -0.345 e. The summed E-state index contributed by atoms with van der Waals surface area (Å²) in [6.45, 7) is 0. The molecule has 1 saturated carbocycles. The highest BCUT2D eigenvalue weighted by Crippen LogP contribution is 2.48. The number of rotatable bonds is 4. The number of aromatic nitrogens is 2. The fourth-order valence-electron chi connectivity index (χ4n) is 2.39. The van der Waals surface area contributed by atoms with Gasteiger partial charge in [-0.25, -0.2) is 14.4 Å². The number of nitrogens with zero attached hydrogens (tertiary/aromatic N) is 2. The molecular formula is C16H12ClF4N5O2. The normalized spacial score (nSPS) is 14.9. The average Bonchev–Trinajstić information content (AvgIpc) is 3.42. The van der Waals surface area contributed by atoms with Crippen molar-refractivity contribution in [3.8, 4) is 0 Å². The summed E-state index contributed by atoms with van der Waals surface area (Å²) in [7, 11) is 0. The van der Waals surface area contributed by atoms with Crippen molar-refractivity contribution in [2.24, 2.45) is 0 Å². The van der Waals surface area contributed by atoms with Gasteiger partial charge in [-0.1, -0.05) is 17.7 Å². The molecule has 0 bridgehead atoms. The topological polar surface area (TPSA) is 96.0 Å². The van der Waals surface area contributed by atoms with E-state index in [9.17, 15) is 27.2 Å². The van der Waals surface area contributed by atoms with Crippen LogP contribution in [-0.2, 0) is 10.3 Å². The second-order valence-electron chi connectivity index (χ2n) is 6.04. The first kappa shape index (κ1) is 19.8. The lowest BCUT2D eigenvalue weighted by atomic mass is 10.1. The summed E-state index contributed by atoms with van der Waals surface area (Å²) in [4.78, 5) is 30.3. The zero-order chi connectivity index (χ0) is 20.5. The number of hydrazine groups is 1. The lowest BCUT2D eigenvalue weighted by Crippen LogP contribution is -2.47. The highest BCUT2D eigenvalue weighted by Gasteiger charge is 2.45. The van der Waals surface area contributed by atoms with Crippen LogP contribution in [0, 0.1) is 5.82 Å². The number of benzene rings is 1. The van der Waals surface area contributed by atoms with Gasteiger partial charge in [0.1, 0.15) is 5.82 Å². The number of nitrogens with one attached hydrogen (secondary N) is 3. The zero-order valence-corrected chi connectivity index (χ0v) is 14.7. The van der Waals surface area contributed by atoms with Crippen molar-refractivity contribution in [3.63, 3.8) is 0 Å². The van der Waals surface area contributed by atoms with E-state index in [1.165, 1.54) is 17.6 Å². The van der Waals surface area contributed by atoms with Crippen molar-refractivity contribution in [2.45, 2.75) is 24.6 Å². The van der Waals surface area contributed by atoms with E-state index in [1.807, 2.05) is 0 Å². The molecule has 0 aliphatic heterocycles. The number of alkyl halides is 3. The molecule has 0 radical (unpaired) electrons.